The number of aromatic nitrogens is 1. The standard InChI is InChI=1S/C18H21N3O2/c1-11-9-15(14-5-3-4-6-16(14)20-11)18(23)21-10-13(17(19)22)8-7-12(21)2/h3-6,9,12-13H,7-8,10H2,1-2H3,(H2,19,22)/t12-,13+/m0/s1. The van der Waals surface area contributed by atoms with Crippen molar-refractivity contribution in [1.82, 2.24) is 9.88 Å². The summed E-state index contributed by atoms with van der Waals surface area (Å²) in [7, 11) is 0. The fourth-order valence-corrected chi connectivity index (χ4v) is 3.26. The van der Waals surface area contributed by atoms with Gasteiger partial charge in [0.1, 0.15) is 0 Å². The Hall–Kier alpha value is -2.43. The average molecular weight is 311 g/mol. The number of benzene rings is 1. The number of rotatable bonds is 2. The number of pyridine rings is 1. The maximum atomic E-state index is 13.1. The molecule has 3 rings (SSSR count). The highest BCUT2D eigenvalue weighted by molar-refractivity contribution is 6.06. The molecule has 1 aliphatic rings. The monoisotopic (exact) mass is 311 g/mol. The zero-order valence-electron chi connectivity index (χ0n) is 13.5. The van der Waals surface area contributed by atoms with Crippen LogP contribution in [-0.4, -0.2) is 34.3 Å². The average Bonchev–Trinajstić information content (AvgIpc) is 2.53. The Morgan fingerprint density at radius 1 is 1.26 bits per heavy atom. The van der Waals surface area contributed by atoms with Gasteiger partial charge in [-0.2, -0.15) is 0 Å². The number of amides is 2. The molecular weight excluding hydrogens is 290 g/mol. The summed E-state index contributed by atoms with van der Waals surface area (Å²) in [6.45, 7) is 4.30. The van der Waals surface area contributed by atoms with Crippen molar-refractivity contribution >= 4 is 22.7 Å². The van der Waals surface area contributed by atoms with Crippen LogP contribution in [0.25, 0.3) is 10.9 Å². The zero-order chi connectivity index (χ0) is 16.6. The maximum absolute atomic E-state index is 13.1. The molecule has 0 unspecified atom stereocenters. The van der Waals surface area contributed by atoms with Crippen molar-refractivity contribution < 1.29 is 9.59 Å². The largest absolute Gasteiger partial charge is 0.369 e. The lowest BCUT2D eigenvalue weighted by atomic mass is 9.92. The second kappa shape index (κ2) is 5.99. The normalized spacial score (nSPS) is 21.4. The molecule has 1 aliphatic heterocycles. The van der Waals surface area contributed by atoms with E-state index in [2.05, 4.69) is 4.98 Å². The second-order valence-corrected chi connectivity index (χ2v) is 6.31. The Kier molecular flexibility index (Phi) is 4.03. The van der Waals surface area contributed by atoms with Crippen LogP contribution in [0.2, 0.25) is 0 Å². The molecule has 2 atom stereocenters. The predicted octanol–water partition coefficient (Wildman–Crippen LogP) is 2.27. The molecule has 1 fully saturated rings. The fourth-order valence-electron chi connectivity index (χ4n) is 3.26. The van der Waals surface area contributed by atoms with E-state index in [-0.39, 0.29) is 23.8 Å². The molecule has 2 aromatic rings. The molecule has 0 spiro atoms. The number of para-hydroxylation sites is 1. The maximum Gasteiger partial charge on any atom is 0.254 e. The van der Waals surface area contributed by atoms with Crippen molar-refractivity contribution in [2.45, 2.75) is 32.7 Å². The molecule has 0 aliphatic carbocycles. The molecule has 0 saturated carbocycles. The van der Waals surface area contributed by atoms with Gasteiger partial charge in [0, 0.05) is 23.7 Å². The van der Waals surface area contributed by atoms with Crippen molar-refractivity contribution in [2.24, 2.45) is 11.7 Å². The molecule has 2 amide bonds. The third kappa shape index (κ3) is 2.91. The number of primary amides is 1. The summed E-state index contributed by atoms with van der Waals surface area (Å²) in [4.78, 5) is 30.9. The van der Waals surface area contributed by atoms with Crippen LogP contribution < -0.4 is 5.73 Å². The van der Waals surface area contributed by atoms with Crippen molar-refractivity contribution in [3.05, 3.63) is 41.6 Å². The van der Waals surface area contributed by atoms with Crippen LogP contribution >= 0.6 is 0 Å². The van der Waals surface area contributed by atoms with Gasteiger partial charge in [-0.05, 0) is 38.8 Å². The third-order valence-corrected chi connectivity index (χ3v) is 4.62. The first kappa shape index (κ1) is 15.5. The summed E-state index contributed by atoms with van der Waals surface area (Å²) in [6.07, 6.45) is 1.54. The summed E-state index contributed by atoms with van der Waals surface area (Å²) < 4.78 is 0. The van der Waals surface area contributed by atoms with E-state index in [1.165, 1.54) is 0 Å². The molecular formula is C18H21N3O2. The Morgan fingerprint density at radius 2 is 2.00 bits per heavy atom. The molecule has 1 saturated heterocycles. The number of nitrogens with zero attached hydrogens (tertiary/aromatic N) is 2. The van der Waals surface area contributed by atoms with Crippen molar-refractivity contribution in [3.63, 3.8) is 0 Å². The number of likely N-dealkylation sites (tertiary alicyclic amines) is 1. The zero-order valence-corrected chi connectivity index (χ0v) is 13.5. The van der Waals surface area contributed by atoms with Gasteiger partial charge in [0.25, 0.3) is 5.91 Å². The van der Waals surface area contributed by atoms with Gasteiger partial charge in [0.05, 0.1) is 17.0 Å². The minimum Gasteiger partial charge on any atom is -0.369 e. The number of fused-ring (bicyclic) bond motifs is 1. The lowest BCUT2D eigenvalue weighted by molar-refractivity contribution is -0.123. The Morgan fingerprint density at radius 3 is 2.74 bits per heavy atom. The predicted molar refractivity (Wildman–Crippen MR) is 88.9 cm³/mol. The van der Waals surface area contributed by atoms with Crippen LogP contribution in [-0.2, 0) is 4.79 Å². The quantitative estimate of drug-likeness (QED) is 0.924. The number of hydrogen-bond donors (Lipinski definition) is 1. The number of carbonyl (C=O) groups excluding carboxylic acids is 2. The van der Waals surface area contributed by atoms with E-state index in [0.717, 1.165) is 29.4 Å². The van der Waals surface area contributed by atoms with Crippen LogP contribution in [0.1, 0.15) is 35.8 Å². The number of aryl methyl sites for hydroxylation is 1. The second-order valence-electron chi connectivity index (χ2n) is 6.31. The van der Waals surface area contributed by atoms with Gasteiger partial charge in [0.2, 0.25) is 5.91 Å². The van der Waals surface area contributed by atoms with E-state index in [0.29, 0.717) is 12.1 Å². The first-order valence-corrected chi connectivity index (χ1v) is 7.94. The van der Waals surface area contributed by atoms with Crippen LogP contribution in [0.15, 0.2) is 30.3 Å². The summed E-state index contributed by atoms with van der Waals surface area (Å²) in [5.41, 5.74) is 7.71. The molecule has 120 valence electrons. The van der Waals surface area contributed by atoms with Crippen molar-refractivity contribution in [1.29, 1.82) is 0 Å². The van der Waals surface area contributed by atoms with Crippen LogP contribution in [0.4, 0.5) is 0 Å². The highest BCUT2D eigenvalue weighted by Crippen LogP contribution is 2.26. The van der Waals surface area contributed by atoms with E-state index >= 15 is 0 Å². The van der Waals surface area contributed by atoms with Crippen molar-refractivity contribution in [2.75, 3.05) is 6.54 Å². The SMILES string of the molecule is Cc1cc(C(=O)N2C[C@H](C(N)=O)CC[C@@H]2C)c2ccccc2n1. The molecule has 2 N–H and O–H groups in total. The molecule has 5 nitrogen and oxygen atoms in total. The first-order chi connectivity index (χ1) is 11.0. The van der Waals surface area contributed by atoms with Crippen LogP contribution in [0.5, 0.6) is 0 Å². The first-order valence-electron chi connectivity index (χ1n) is 7.94. The molecule has 0 bridgehead atoms. The van der Waals surface area contributed by atoms with Gasteiger partial charge in [-0.15, -0.1) is 0 Å². The van der Waals surface area contributed by atoms with Gasteiger partial charge in [0.15, 0.2) is 0 Å². The van der Waals surface area contributed by atoms with E-state index in [9.17, 15) is 9.59 Å². The highest BCUT2D eigenvalue weighted by Gasteiger charge is 2.32. The number of piperidine rings is 1. The van der Waals surface area contributed by atoms with Crippen LogP contribution in [0, 0.1) is 12.8 Å². The van der Waals surface area contributed by atoms with Gasteiger partial charge in [-0.3, -0.25) is 14.6 Å². The van der Waals surface area contributed by atoms with E-state index in [1.54, 1.807) is 4.90 Å². The molecule has 2 heterocycles. The molecule has 1 aromatic carbocycles. The summed E-state index contributed by atoms with van der Waals surface area (Å²) >= 11 is 0. The smallest absolute Gasteiger partial charge is 0.254 e. The minimum absolute atomic E-state index is 0.0508. The summed E-state index contributed by atoms with van der Waals surface area (Å²) in [6, 6.07) is 9.56. The van der Waals surface area contributed by atoms with Gasteiger partial charge >= 0.3 is 0 Å². The fraction of sp³-hybridized carbons (Fsp3) is 0.389. The number of hydrogen-bond acceptors (Lipinski definition) is 3. The molecule has 0 radical (unpaired) electrons. The van der Waals surface area contributed by atoms with Crippen LogP contribution in [0.3, 0.4) is 0 Å². The summed E-state index contributed by atoms with van der Waals surface area (Å²) in [5.74, 6) is -0.639. The lowest BCUT2D eigenvalue weighted by Gasteiger charge is -2.37. The topological polar surface area (TPSA) is 76.3 Å². The Balaban J connectivity index is 2.01. The highest BCUT2D eigenvalue weighted by atomic mass is 16.2. The molecule has 5 heteroatoms. The van der Waals surface area contributed by atoms with E-state index < -0.39 is 0 Å². The van der Waals surface area contributed by atoms with Gasteiger partial charge in [-0.25, -0.2) is 0 Å². The van der Waals surface area contributed by atoms with Gasteiger partial charge < -0.3 is 10.6 Å². The Labute approximate surface area is 135 Å². The van der Waals surface area contributed by atoms with Gasteiger partial charge in [-0.1, -0.05) is 18.2 Å². The number of nitrogens with two attached hydrogens (primary N) is 1. The molecule has 1 aromatic heterocycles. The lowest BCUT2D eigenvalue weighted by Crippen LogP contribution is -2.48. The number of carbonyl (C=O) groups is 2. The van der Waals surface area contributed by atoms with E-state index in [4.69, 9.17) is 5.73 Å². The third-order valence-electron chi connectivity index (χ3n) is 4.62. The Bertz CT molecular complexity index is 772. The van der Waals surface area contributed by atoms with E-state index in [1.807, 2.05) is 44.2 Å². The minimum atomic E-state index is -0.328. The summed E-state index contributed by atoms with van der Waals surface area (Å²) in [5, 5.41) is 0.844. The van der Waals surface area contributed by atoms with Crippen molar-refractivity contribution in [3.8, 4) is 0 Å². The molecule has 23 heavy (non-hydrogen) atoms.